The Bertz CT molecular complexity index is 1230. The zero-order valence-corrected chi connectivity index (χ0v) is 20.5. The number of ether oxygens (including phenoxy) is 1. The first kappa shape index (κ1) is 23.3. The lowest BCUT2D eigenvalue weighted by molar-refractivity contribution is -0.120. The minimum absolute atomic E-state index is 0.0496. The summed E-state index contributed by atoms with van der Waals surface area (Å²) >= 11 is 1.21. The highest BCUT2D eigenvalue weighted by atomic mass is 32.2. The second kappa shape index (κ2) is 9.15. The van der Waals surface area contributed by atoms with E-state index in [0.717, 1.165) is 17.7 Å². The topological polar surface area (TPSA) is 88.6 Å². The summed E-state index contributed by atoms with van der Waals surface area (Å²) in [5.41, 5.74) is 2.80. The number of nitrogens with one attached hydrogen (secondary N) is 1. The van der Waals surface area contributed by atoms with E-state index >= 15 is 0 Å². The van der Waals surface area contributed by atoms with Crippen molar-refractivity contribution in [2.75, 3.05) is 22.8 Å². The van der Waals surface area contributed by atoms with Crippen molar-refractivity contribution >= 4 is 38.1 Å². The molecule has 1 amide bonds. The van der Waals surface area contributed by atoms with Gasteiger partial charge in [0.25, 0.3) is 15.9 Å². The van der Waals surface area contributed by atoms with Crippen LogP contribution in [-0.2, 0) is 26.7 Å². The summed E-state index contributed by atoms with van der Waals surface area (Å²) in [5, 5.41) is 2.02. The molecule has 4 rings (SSSR count). The summed E-state index contributed by atoms with van der Waals surface area (Å²) < 4.78 is 33.6. The zero-order valence-electron chi connectivity index (χ0n) is 18.9. The molecular weight excluding hydrogens is 458 g/mol. The van der Waals surface area contributed by atoms with Crippen molar-refractivity contribution in [1.29, 1.82) is 0 Å². The SMILES string of the molecule is CC(C)(C)c1ccc(OCC(=O)N2CCCc3cc(S(=O)(=O)Nc4nccs4)ccc32)cc1. The Hall–Kier alpha value is -2.91. The summed E-state index contributed by atoms with van der Waals surface area (Å²) in [6, 6.07) is 12.6. The van der Waals surface area contributed by atoms with E-state index < -0.39 is 10.0 Å². The van der Waals surface area contributed by atoms with Gasteiger partial charge in [-0.25, -0.2) is 13.4 Å². The number of hydrogen-bond acceptors (Lipinski definition) is 6. The Morgan fingerprint density at radius 3 is 2.61 bits per heavy atom. The van der Waals surface area contributed by atoms with Crippen molar-refractivity contribution in [2.24, 2.45) is 0 Å². The van der Waals surface area contributed by atoms with Crippen LogP contribution in [0.3, 0.4) is 0 Å². The van der Waals surface area contributed by atoms with Gasteiger partial charge in [-0.15, -0.1) is 11.3 Å². The van der Waals surface area contributed by atoms with E-state index in [1.165, 1.54) is 23.0 Å². The molecule has 9 heteroatoms. The van der Waals surface area contributed by atoms with Crippen molar-refractivity contribution in [3.63, 3.8) is 0 Å². The Morgan fingerprint density at radius 1 is 1.18 bits per heavy atom. The second-order valence-corrected chi connectivity index (χ2v) is 11.5. The van der Waals surface area contributed by atoms with Crippen LogP contribution < -0.4 is 14.4 Å². The first-order valence-electron chi connectivity index (χ1n) is 10.7. The molecule has 3 aromatic rings. The number of anilines is 2. The van der Waals surface area contributed by atoms with Crippen LogP contribution in [0.5, 0.6) is 5.75 Å². The molecule has 0 spiro atoms. The molecule has 0 aliphatic carbocycles. The maximum Gasteiger partial charge on any atom is 0.264 e. The molecule has 1 N–H and O–H groups in total. The van der Waals surface area contributed by atoms with Gasteiger partial charge in [0.05, 0.1) is 4.90 Å². The third-order valence-corrected chi connectivity index (χ3v) is 7.67. The molecule has 2 heterocycles. The van der Waals surface area contributed by atoms with E-state index in [0.29, 0.717) is 23.8 Å². The van der Waals surface area contributed by atoms with Crippen LogP contribution in [0.1, 0.15) is 38.3 Å². The normalized spacial score (nSPS) is 14.0. The van der Waals surface area contributed by atoms with Crippen LogP contribution in [0.15, 0.2) is 58.9 Å². The smallest absolute Gasteiger partial charge is 0.264 e. The quantitative estimate of drug-likeness (QED) is 0.551. The van der Waals surface area contributed by atoms with E-state index in [2.05, 4.69) is 30.5 Å². The highest BCUT2D eigenvalue weighted by molar-refractivity contribution is 7.93. The van der Waals surface area contributed by atoms with Gasteiger partial charge in [-0.1, -0.05) is 32.9 Å². The third-order valence-electron chi connectivity index (χ3n) is 5.52. The number of fused-ring (bicyclic) bond motifs is 1. The van der Waals surface area contributed by atoms with Crippen LogP contribution in [0, 0.1) is 0 Å². The number of hydrogen-bond donors (Lipinski definition) is 1. The first-order valence-corrected chi connectivity index (χ1v) is 13.1. The number of carbonyl (C=O) groups excluding carboxylic acids is 1. The van der Waals surface area contributed by atoms with Gasteiger partial charge in [-0.3, -0.25) is 9.52 Å². The summed E-state index contributed by atoms with van der Waals surface area (Å²) in [7, 11) is -3.75. The fraction of sp³-hybridized carbons (Fsp3) is 0.333. The second-order valence-electron chi connectivity index (χ2n) is 8.95. The molecule has 0 atom stereocenters. The molecule has 7 nitrogen and oxygen atoms in total. The number of nitrogens with zero attached hydrogens (tertiary/aromatic N) is 2. The molecule has 1 aromatic heterocycles. The number of sulfonamides is 1. The van der Waals surface area contributed by atoms with Crippen molar-refractivity contribution in [1.82, 2.24) is 4.98 Å². The average molecular weight is 486 g/mol. The van der Waals surface area contributed by atoms with Gasteiger partial charge in [0.2, 0.25) is 0 Å². The molecule has 0 radical (unpaired) electrons. The van der Waals surface area contributed by atoms with Gasteiger partial charge in [0, 0.05) is 23.8 Å². The van der Waals surface area contributed by atoms with Crippen LogP contribution in [-0.4, -0.2) is 32.5 Å². The minimum atomic E-state index is -3.75. The lowest BCUT2D eigenvalue weighted by Crippen LogP contribution is -2.38. The number of amides is 1. The Kier molecular flexibility index (Phi) is 6.45. The monoisotopic (exact) mass is 485 g/mol. The number of aromatic nitrogens is 1. The fourth-order valence-corrected chi connectivity index (χ4v) is 5.56. The molecule has 0 fully saturated rings. The molecule has 174 valence electrons. The number of thiazole rings is 1. The van der Waals surface area contributed by atoms with Gasteiger partial charge in [0.1, 0.15) is 5.75 Å². The fourth-order valence-electron chi connectivity index (χ4n) is 3.72. The van der Waals surface area contributed by atoms with Crippen molar-refractivity contribution in [2.45, 2.75) is 43.9 Å². The molecule has 2 aromatic carbocycles. The average Bonchev–Trinajstić information content (AvgIpc) is 3.28. The van der Waals surface area contributed by atoms with Crippen molar-refractivity contribution < 1.29 is 17.9 Å². The maximum atomic E-state index is 12.9. The largest absolute Gasteiger partial charge is 0.484 e. The highest BCUT2D eigenvalue weighted by Gasteiger charge is 2.25. The van der Waals surface area contributed by atoms with Crippen molar-refractivity contribution in [3.8, 4) is 5.75 Å². The predicted molar refractivity (Wildman–Crippen MR) is 131 cm³/mol. The number of carbonyl (C=O) groups is 1. The van der Waals surface area contributed by atoms with Gasteiger partial charge in [-0.2, -0.15) is 0 Å². The maximum absolute atomic E-state index is 12.9. The van der Waals surface area contributed by atoms with E-state index in [4.69, 9.17) is 4.74 Å². The molecule has 0 saturated carbocycles. The number of rotatable bonds is 6. The summed E-state index contributed by atoms with van der Waals surface area (Å²) in [4.78, 5) is 18.7. The first-order chi connectivity index (χ1) is 15.6. The minimum Gasteiger partial charge on any atom is -0.484 e. The van der Waals surface area contributed by atoms with Crippen LogP contribution >= 0.6 is 11.3 Å². The van der Waals surface area contributed by atoms with E-state index in [1.807, 2.05) is 24.3 Å². The standard InChI is InChI=1S/C24H27N3O4S2/c1-24(2,3)18-6-8-19(9-7-18)31-16-22(28)27-13-4-5-17-15-20(10-11-21(17)27)33(29,30)26-23-25-12-14-32-23/h6-12,14-15H,4-5,13,16H2,1-3H3,(H,25,26). The number of aryl methyl sites for hydroxylation is 1. The lowest BCUT2D eigenvalue weighted by Gasteiger charge is -2.30. The predicted octanol–water partition coefficient (Wildman–Crippen LogP) is 4.60. The lowest BCUT2D eigenvalue weighted by atomic mass is 9.87. The summed E-state index contributed by atoms with van der Waals surface area (Å²) in [5.74, 6) is 0.482. The summed E-state index contributed by atoms with van der Waals surface area (Å²) in [6.07, 6.45) is 3.00. The Morgan fingerprint density at radius 2 is 1.94 bits per heavy atom. The highest BCUT2D eigenvalue weighted by Crippen LogP contribution is 2.31. The van der Waals surface area contributed by atoms with Crippen LogP contribution in [0.4, 0.5) is 10.8 Å². The Balaban J connectivity index is 1.46. The molecular formula is C24H27N3O4S2. The molecule has 1 aliphatic rings. The zero-order chi connectivity index (χ0) is 23.6. The number of benzene rings is 2. The molecule has 1 aliphatic heterocycles. The summed E-state index contributed by atoms with van der Waals surface area (Å²) in [6.45, 7) is 6.92. The van der Waals surface area contributed by atoms with E-state index in [-0.39, 0.29) is 22.8 Å². The van der Waals surface area contributed by atoms with Crippen molar-refractivity contribution in [3.05, 3.63) is 65.2 Å². The molecule has 0 bridgehead atoms. The van der Waals surface area contributed by atoms with Crippen LogP contribution in [0.2, 0.25) is 0 Å². The van der Waals surface area contributed by atoms with E-state index in [1.54, 1.807) is 28.6 Å². The molecule has 0 unspecified atom stereocenters. The molecule has 0 saturated heterocycles. The van der Waals surface area contributed by atoms with Gasteiger partial charge in [0.15, 0.2) is 11.7 Å². The Labute approximate surface area is 198 Å². The molecule has 33 heavy (non-hydrogen) atoms. The van der Waals surface area contributed by atoms with Crippen LogP contribution in [0.25, 0.3) is 0 Å². The van der Waals surface area contributed by atoms with Gasteiger partial charge >= 0.3 is 0 Å². The van der Waals surface area contributed by atoms with E-state index in [9.17, 15) is 13.2 Å². The third kappa shape index (κ3) is 5.36. The van der Waals surface area contributed by atoms with Gasteiger partial charge in [-0.05, 0) is 59.7 Å². The van der Waals surface area contributed by atoms with Gasteiger partial charge < -0.3 is 9.64 Å².